The molecule has 2 heterocycles. The summed E-state index contributed by atoms with van der Waals surface area (Å²) in [5, 5.41) is 29.2. The first kappa shape index (κ1) is 20.3. The predicted octanol–water partition coefficient (Wildman–Crippen LogP) is 4.72. The molecule has 5 rings (SSSR count). The van der Waals surface area contributed by atoms with Crippen LogP contribution in [0.2, 0.25) is 0 Å². The third-order valence-electron chi connectivity index (χ3n) is 5.51. The Hall–Kier alpha value is -4.66. The molecule has 9 heteroatoms. The van der Waals surface area contributed by atoms with Gasteiger partial charge in [0.1, 0.15) is 0 Å². The second-order valence-corrected chi connectivity index (χ2v) is 7.68. The molecule has 2 aromatic heterocycles. The van der Waals surface area contributed by atoms with E-state index in [9.17, 15) is 14.9 Å². The maximum atomic E-state index is 12.8. The monoisotopic (exact) mass is 438 g/mol. The third kappa shape index (κ3) is 3.55. The Bertz CT molecular complexity index is 1570. The third-order valence-corrected chi connectivity index (χ3v) is 5.51. The first-order valence-corrected chi connectivity index (χ1v) is 10.2. The van der Waals surface area contributed by atoms with Crippen LogP contribution in [0.5, 0.6) is 0 Å². The molecule has 0 aliphatic rings. The summed E-state index contributed by atoms with van der Waals surface area (Å²) in [6.07, 6.45) is 0. The summed E-state index contributed by atoms with van der Waals surface area (Å²) in [4.78, 5) is 23.3. The molecule has 5 aromatic rings. The minimum Gasteiger partial charge on any atom is -0.322 e. The quantitative estimate of drug-likeness (QED) is 0.321. The zero-order valence-corrected chi connectivity index (χ0v) is 17.8. The van der Waals surface area contributed by atoms with E-state index < -0.39 is 10.8 Å². The van der Waals surface area contributed by atoms with Crippen molar-refractivity contribution >= 4 is 33.7 Å². The predicted molar refractivity (Wildman–Crippen MR) is 124 cm³/mol. The lowest BCUT2D eigenvalue weighted by molar-refractivity contribution is -0.384. The molecule has 0 fully saturated rings. The number of amides is 1. The van der Waals surface area contributed by atoms with Gasteiger partial charge in [-0.05, 0) is 31.5 Å². The molecule has 0 saturated carbocycles. The Morgan fingerprint density at radius 1 is 0.970 bits per heavy atom. The molecule has 0 radical (unpaired) electrons. The van der Waals surface area contributed by atoms with E-state index in [-0.39, 0.29) is 11.3 Å². The van der Waals surface area contributed by atoms with E-state index >= 15 is 0 Å². The fourth-order valence-corrected chi connectivity index (χ4v) is 3.77. The summed E-state index contributed by atoms with van der Waals surface area (Å²) < 4.78 is 1.70. The van der Waals surface area contributed by atoms with E-state index in [4.69, 9.17) is 0 Å². The highest BCUT2D eigenvalue weighted by atomic mass is 16.6. The van der Waals surface area contributed by atoms with Gasteiger partial charge in [-0.25, -0.2) is 0 Å². The zero-order valence-electron chi connectivity index (χ0n) is 17.8. The lowest BCUT2D eigenvalue weighted by atomic mass is 10.1. The average Bonchev–Trinajstić information content (AvgIpc) is 3.24. The lowest BCUT2D eigenvalue weighted by Crippen LogP contribution is -2.13. The van der Waals surface area contributed by atoms with Crippen LogP contribution in [0.25, 0.3) is 27.8 Å². The first-order chi connectivity index (χ1) is 15.9. The number of nitro benzene ring substituents is 1. The van der Waals surface area contributed by atoms with Gasteiger partial charge in [-0.3, -0.25) is 14.9 Å². The number of rotatable bonds is 4. The van der Waals surface area contributed by atoms with Crippen molar-refractivity contribution in [1.82, 2.24) is 19.8 Å². The number of anilines is 1. The molecule has 0 bridgehead atoms. The maximum absolute atomic E-state index is 12.8. The number of nitrogens with one attached hydrogen (secondary N) is 1. The van der Waals surface area contributed by atoms with Gasteiger partial charge in [0.25, 0.3) is 11.6 Å². The van der Waals surface area contributed by atoms with Crippen LogP contribution in [0.3, 0.4) is 0 Å². The molecule has 33 heavy (non-hydrogen) atoms. The topological polar surface area (TPSA) is 115 Å². The molecule has 0 saturated heterocycles. The van der Waals surface area contributed by atoms with Gasteiger partial charge >= 0.3 is 0 Å². The van der Waals surface area contributed by atoms with Crippen molar-refractivity contribution in [3.05, 3.63) is 93.7 Å². The zero-order chi connectivity index (χ0) is 23.1. The minimum absolute atomic E-state index is 0.142. The number of aromatic nitrogens is 4. The number of hydrogen-bond acceptors (Lipinski definition) is 6. The summed E-state index contributed by atoms with van der Waals surface area (Å²) in [6.45, 7) is 3.80. The average molecular weight is 438 g/mol. The van der Waals surface area contributed by atoms with E-state index in [2.05, 4.69) is 20.6 Å². The van der Waals surface area contributed by atoms with Crippen molar-refractivity contribution in [3.63, 3.8) is 0 Å². The molecule has 0 aliphatic carbocycles. The Balaban J connectivity index is 1.54. The number of non-ortho nitro benzene ring substituents is 1. The standard InChI is InChI=1S/C24H18N6O3/c1-14-10-11-16(13-21(14)25-24(31)17-6-5-7-18(12-17)30(32)33)22-26-27-23-20-9-4-3-8-19(20)15(2)28-29(22)23/h3-13H,1-2H3,(H,25,31). The van der Waals surface area contributed by atoms with Crippen molar-refractivity contribution < 1.29 is 9.72 Å². The second kappa shape index (κ2) is 7.79. The normalized spacial score (nSPS) is 11.1. The largest absolute Gasteiger partial charge is 0.322 e. The van der Waals surface area contributed by atoms with Crippen LogP contribution in [0.15, 0.2) is 66.7 Å². The Kier molecular flexibility index (Phi) is 4.78. The van der Waals surface area contributed by atoms with Gasteiger partial charge in [0, 0.05) is 39.7 Å². The number of aryl methyl sites for hydroxylation is 2. The lowest BCUT2D eigenvalue weighted by Gasteiger charge is -2.11. The number of fused-ring (bicyclic) bond motifs is 3. The van der Waals surface area contributed by atoms with Crippen LogP contribution >= 0.6 is 0 Å². The first-order valence-electron chi connectivity index (χ1n) is 10.2. The molecular formula is C24H18N6O3. The van der Waals surface area contributed by atoms with Crippen molar-refractivity contribution in [2.24, 2.45) is 0 Å². The smallest absolute Gasteiger partial charge is 0.270 e. The second-order valence-electron chi connectivity index (χ2n) is 7.68. The summed E-state index contributed by atoms with van der Waals surface area (Å²) in [5.41, 5.74) is 3.69. The van der Waals surface area contributed by atoms with Gasteiger partial charge in [-0.1, -0.05) is 42.5 Å². The van der Waals surface area contributed by atoms with Crippen molar-refractivity contribution in [3.8, 4) is 11.4 Å². The molecule has 1 amide bonds. The Labute approximate surface area is 187 Å². The van der Waals surface area contributed by atoms with Gasteiger partial charge in [-0.2, -0.15) is 9.61 Å². The summed E-state index contributed by atoms with van der Waals surface area (Å²) in [5.74, 6) is 0.106. The summed E-state index contributed by atoms with van der Waals surface area (Å²) >= 11 is 0. The molecule has 3 aromatic carbocycles. The van der Waals surface area contributed by atoms with E-state index in [1.54, 1.807) is 10.6 Å². The number of carbonyl (C=O) groups is 1. The van der Waals surface area contributed by atoms with Crippen LogP contribution in [0.1, 0.15) is 21.6 Å². The molecule has 0 unspecified atom stereocenters. The Morgan fingerprint density at radius 2 is 1.76 bits per heavy atom. The van der Waals surface area contributed by atoms with Crippen molar-refractivity contribution in [2.75, 3.05) is 5.32 Å². The van der Waals surface area contributed by atoms with Crippen LogP contribution < -0.4 is 5.32 Å². The Morgan fingerprint density at radius 3 is 2.55 bits per heavy atom. The molecule has 0 spiro atoms. The number of nitrogens with zero attached hydrogens (tertiary/aromatic N) is 5. The molecule has 1 N–H and O–H groups in total. The molecular weight excluding hydrogens is 420 g/mol. The SMILES string of the molecule is Cc1ccc(-c2nnc3c4ccccc4c(C)nn23)cc1NC(=O)c1cccc([N+](=O)[O-])c1. The van der Waals surface area contributed by atoms with Crippen LogP contribution in [0, 0.1) is 24.0 Å². The fourth-order valence-electron chi connectivity index (χ4n) is 3.77. The molecule has 0 aliphatic heterocycles. The van der Waals surface area contributed by atoms with Crippen LogP contribution in [-0.4, -0.2) is 30.6 Å². The maximum Gasteiger partial charge on any atom is 0.270 e. The van der Waals surface area contributed by atoms with Gasteiger partial charge < -0.3 is 5.32 Å². The van der Waals surface area contributed by atoms with Crippen LogP contribution in [0.4, 0.5) is 11.4 Å². The highest BCUT2D eigenvalue weighted by molar-refractivity contribution is 6.05. The van der Waals surface area contributed by atoms with E-state index in [1.807, 2.05) is 50.2 Å². The van der Waals surface area contributed by atoms with E-state index in [1.165, 1.54) is 24.3 Å². The van der Waals surface area contributed by atoms with Crippen molar-refractivity contribution in [2.45, 2.75) is 13.8 Å². The van der Waals surface area contributed by atoms with Crippen molar-refractivity contribution in [1.29, 1.82) is 0 Å². The number of hydrogen-bond donors (Lipinski definition) is 1. The molecule has 162 valence electrons. The van der Waals surface area contributed by atoms with Crippen LogP contribution in [-0.2, 0) is 0 Å². The molecule has 9 nitrogen and oxygen atoms in total. The van der Waals surface area contributed by atoms with Gasteiger partial charge in [-0.15, -0.1) is 10.2 Å². The number of nitro groups is 1. The summed E-state index contributed by atoms with van der Waals surface area (Å²) in [7, 11) is 0. The minimum atomic E-state index is -0.530. The fraction of sp³-hybridized carbons (Fsp3) is 0.0833. The number of benzene rings is 3. The highest BCUT2D eigenvalue weighted by Gasteiger charge is 2.16. The van der Waals surface area contributed by atoms with Gasteiger partial charge in [0.2, 0.25) is 0 Å². The molecule has 0 atom stereocenters. The van der Waals surface area contributed by atoms with Gasteiger partial charge in [0.05, 0.1) is 10.6 Å². The summed E-state index contributed by atoms with van der Waals surface area (Å²) in [6, 6.07) is 19.1. The highest BCUT2D eigenvalue weighted by Crippen LogP contribution is 2.28. The van der Waals surface area contributed by atoms with E-state index in [0.717, 1.165) is 27.6 Å². The number of carbonyl (C=O) groups excluding carboxylic acids is 1. The van der Waals surface area contributed by atoms with Gasteiger partial charge in [0.15, 0.2) is 11.5 Å². The van der Waals surface area contributed by atoms with E-state index in [0.29, 0.717) is 17.2 Å².